The maximum atomic E-state index is 9.30. The lowest BCUT2D eigenvalue weighted by molar-refractivity contribution is 0.195. The molecule has 0 radical (unpaired) electrons. The first kappa shape index (κ1) is 9.12. The second-order valence-corrected chi connectivity index (χ2v) is 4.33. The van der Waals surface area contributed by atoms with Crippen molar-refractivity contribution < 1.29 is 5.11 Å². The highest BCUT2D eigenvalue weighted by molar-refractivity contribution is 7.09. The fraction of sp³-hybridized carbons (Fsp3) is 0.667. The van der Waals surface area contributed by atoms with E-state index in [0.717, 1.165) is 17.2 Å². The van der Waals surface area contributed by atoms with Gasteiger partial charge in [-0.25, -0.2) is 4.98 Å². The van der Waals surface area contributed by atoms with Gasteiger partial charge in [0.05, 0.1) is 17.8 Å². The first-order valence-corrected chi connectivity index (χ1v) is 5.52. The molecule has 3 nitrogen and oxygen atoms in total. The van der Waals surface area contributed by atoms with Gasteiger partial charge in [-0.15, -0.1) is 11.3 Å². The minimum atomic E-state index is -0.439. The lowest BCUT2D eigenvalue weighted by atomic mass is 10.2. The number of hydrogen-bond acceptors (Lipinski definition) is 4. The van der Waals surface area contributed by atoms with E-state index in [1.807, 2.05) is 5.38 Å². The van der Waals surface area contributed by atoms with E-state index in [0.29, 0.717) is 6.04 Å². The van der Waals surface area contributed by atoms with Crippen molar-refractivity contribution in [3.8, 4) is 0 Å². The minimum absolute atomic E-state index is 0.428. The largest absolute Gasteiger partial charge is 0.387 e. The van der Waals surface area contributed by atoms with Gasteiger partial charge in [-0.2, -0.15) is 0 Å². The zero-order valence-corrected chi connectivity index (χ0v) is 8.47. The molecule has 1 aliphatic rings. The topological polar surface area (TPSA) is 45.1 Å². The van der Waals surface area contributed by atoms with Gasteiger partial charge in [0.1, 0.15) is 5.01 Å². The predicted molar refractivity (Wildman–Crippen MR) is 52.7 cm³/mol. The third-order valence-electron chi connectivity index (χ3n) is 2.33. The molecule has 1 aromatic rings. The first-order chi connectivity index (χ1) is 6.27. The third-order valence-corrected chi connectivity index (χ3v) is 3.30. The van der Waals surface area contributed by atoms with Crippen LogP contribution in [0.25, 0.3) is 0 Å². The summed E-state index contributed by atoms with van der Waals surface area (Å²) in [5.41, 5.74) is 0.800. The number of hydrogen-bond donors (Lipinski definition) is 2. The number of nitrogens with zero attached hydrogens (tertiary/aromatic N) is 1. The summed E-state index contributed by atoms with van der Waals surface area (Å²) in [6.45, 7) is 2.84. The second kappa shape index (κ2) is 3.74. The van der Waals surface area contributed by atoms with Crippen LogP contribution in [0, 0.1) is 0 Å². The number of aromatic nitrogens is 1. The Balaban J connectivity index is 2.12. The van der Waals surface area contributed by atoms with Crippen molar-refractivity contribution >= 4 is 11.3 Å². The van der Waals surface area contributed by atoms with Crippen molar-refractivity contribution in [3.05, 3.63) is 16.1 Å². The van der Waals surface area contributed by atoms with Crippen molar-refractivity contribution in [1.29, 1.82) is 0 Å². The maximum Gasteiger partial charge on any atom is 0.110 e. The number of rotatable bonds is 2. The van der Waals surface area contributed by atoms with E-state index in [1.54, 1.807) is 18.3 Å². The lowest BCUT2D eigenvalue weighted by Gasteiger charge is -2.04. The molecule has 13 heavy (non-hydrogen) atoms. The highest BCUT2D eigenvalue weighted by Gasteiger charge is 2.19. The molecule has 1 fully saturated rings. The zero-order valence-electron chi connectivity index (χ0n) is 7.66. The van der Waals surface area contributed by atoms with Crippen LogP contribution in [0.2, 0.25) is 0 Å². The second-order valence-electron chi connectivity index (χ2n) is 3.44. The molecule has 2 N–H and O–H groups in total. The van der Waals surface area contributed by atoms with Crippen LogP contribution in [0.4, 0.5) is 0 Å². The van der Waals surface area contributed by atoms with Crippen LogP contribution in [0.1, 0.15) is 42.6 Å². The molecular weight excluding hydrogens is 184 g/mol. The standard InChI is InChI=1S/C9H14N2OS/c1-6(12)8-5-13-9(11-8)7-3-2-4-10-7/h5-7,10,12H,2-4H2,1H3. The van der Waals surface area contributed by atoms with Gasteiger partial charge < -0.3 is 10.4 Å². The number of aliphatic hydroxyl groups is 1. The molecule has 2 heterocycles. The molecule has 4 heteroatoms. The summed E-state index contributed by atoms with van der Waals surface area (Å²) in [6, 6.07) is 0.428. The Labute approximate surface area is 81.8 Å². The quantitative estimate of drug-likeness (QED) is 0.759. The molecule has 2 unspecified atom stereocenters. The van der Waals surface area contributed by atoms with E-state index in [4.69, 9.17) is 0 Å². The van der Waals surface area contributed by atoms with Crippen molar-refractivity contribution in [2.24, 2.45) is 0 Å². The fourth-order valence-corrected chi connectivity index (χ4v) is 2.56. The molecule has 1 aliphatic heterocycles. The van der Waals surface area contributed by atoms with Gasteiger partial charge in [-0.05, 0) is 26.3 Å². The summed E-state index contributed by atoms with van der Waals surface area (Å²) in [7, 11) is 0. The molecule has 0 bridgehead atoms. The van der Waals surface area contributed by atoms with Crippen molar-refractivity contribution in [2.45, 2.75) is 31.9 Å². The molecule has 0 aliphatic carbocycles. The van der Waals surface area contributed by atoms with Crippen LogP contribution in [-0.2, 0) is 0 Å². The first-order valence-electron chi connectivity index (χ1n) is 4.64. The lowest BCUT2D eigenvalue weighted by Crippen LogP contribution is -2.12. The average Bonchev–Trinajstić information content (AvgIpc) is 2.75. The summed E-state index contributed by atoms with van der Waals surface area (Å²) in [5.74, 6) is 0. The normalized spacial score (nSPS) is 24.9. The van der Waals surface area contributed by atoms with Crippen LogP contribution < -0.4 is 5.32 Å². The Morgan fingerprint density at radius 1 is 1.77 bits per heavy atom. The molecule has 1 saturated heterocycles. The Hall–Kier alpha value is -0.450. The van der Waals surface area contributed by atoms with E-state index >= 15 is 0 Å². The van der Waals surface area contributed by atoms with Gasteiger partial charge in [-0.1, -0.05) is 0 Å². The van der Waals surface area contributed by atoms with E-state index in [2.05, 4.69) is 10.3 Å². The molecule has 2 rings (SSSR count). The third kappa shape index (κ3) is 1.90. The number of nitrogens with one attached hydrogen (secondary N) is 1. The molecular formula is C9H14N2OS. The molecule has 0 amide bonds. The highest BCUT2D eigenvalue weighted by Crippen LogP contribution is 2.27. The van der Waals surface area contributed by atoms with Crippen LogP contribution in [0.3, 0.4) is 0 Å². The predicted octanol–water partition coefficient (Wildman–Crippen LogP) is 1.62. The molecule has 0 saturated carbocycles. The number of thiazole rings is 1. The van der Waals surface area contributed by atoms with E-state index in [1.165, 1.54) is 12.8 Å². The van der Waals surface area contributed by atoms with Crippen LogP contribution in [0.5, 0.6) is 0 Å². The molecule has 72 valence electrons. The molecule has 1 aromatic heterocycles. The molecule has 2 atom stereocenters. The summed E-state index contributed by atoms with van der Waals surface area (Å²) in [4.78, 5) is 4.40. The van der Waals surface area contributed by atoms with Crippen LogP contribution in [0.15, 0.2) is 5.38 Å². The van der Waals surface area contributed by atoms with E-state index < -0.39 is 6.10 Å². The summed E-state index contributed by atoms with van der Waals surface area (Å²) in [5, 5.41) is 15.8. The van der Waals surface area contributed by atoms with Gasteiger partial charge in [0.25, 0.3) is 0 Å². The van der Waals surface area contributed by atoms with Crippen molar-refractivity contribution in [1.82, 2.24) is 10.3 Å². The number of aliphatic hydroxyl groups excluding tert-OH is 1. The molecule has 0 aromatic carbocycles. The Bertz CT molecular complexity index is 279. The zero-order chi connectivity index (χ0) is 9.26. The molecule has 0 spiro atoms. The van der Waals surface area contributed by atoms with Crippen LogP contribution >= 0.6 is 11.3 Å². The smallest absolute Gasteiger partial charge is 0.110 e. The van der Waals surface area contributed by atoms with Gasteiger partial charge >= 0.3 is 0 Å². The SMILES string of the molecule is CC(O)c1csc(C2CCCN2)n1. The summed E-state index contributed by atoms with van der Waals surface area (Å²) in [6.07, 6.45) is 1.97. The van der Waals surface area contributed by atoms with Gasteiger partial charge in [-0.3, -0.25) is 0 Å². The average molecular weight is 198 g/mol. The van der Waals surface area contributed by atoms with Gasteiger partial charge in [0, 0.05) is 5.38 Å². The Morgan fingerprint density at radius 2 is 2.62 bits per heavy atom. The van der Waals surface area contributed by atoms with Crippen molar-refractivity contribution in [2.75, 3.05) is 6.54 Å². The van der Waals surface area contributed by atoms with Crippen molar-refractivity contribution in [3.63, 3.8) is 0 Å². The monoisotopic (exact) mass is 198 g/mol. The maximum absolute atomic E-state index is 9.30. The van der Waals surface area contributed by atoms with Gasteiger partial charge in [0.15, 0.2) is 0 Å². The van der Waals surface area contributed by atoms with E-state index in [9.17, 15) is 5.11 Å². The van der Waals surface area contributed by atoms with Gasteiger partial charge in [0.2, 0.25) is 0 Å². The summed E-state index contributed by atoms with van der Waals surface area (Å²) >= 11 is 1.64. The summed E-state index contributed by atoms with van der Waals surface area (Å²) < 4.78 is 0. The Kier molecular flexibility index (Phi) is 2.62. The Morgan fingerprint density at radius 3 is 3.15 bits per heavy atom. The highest BCUT2D eigenvalue weighted by atomic mass is 32.1. The fourth-order valence-electron chi connectivity index (χ4n) is 1.55. The van der Waals surface area contributed by atoms with E-state index in [-0.39, 0.29) is 0 Å². The minimum Gasteiger partial charge on any atom is -0.387 e. The van der Waals surface area contributed by atoms with Crippen LogP contribution in [-0.4, -0.2) is 16.6 Å².